The first-order chi connectivity index (χ1) is 11.8. The molecule has 24 heavy (non-hydrogen) atoms. The number of likely N-dealkylation sites (tertiary alicyclic amines) is 2. The molecule has 2 saturated heterocycles. The Morgan fingerprint density at radius 1 is 1.08 bits per heavy atom. The standard InChI is InChI=1S/C17H22N6O/c24-17(15-7-1-2-8-16(15)23-13-18-19-20-23)22-11-5-6-14(12-22)21-9-3-4-10-21/h1-2,7-8,13-14H,3-6,9-12H2/t14-/m0/s1. The van der Waals surface area contributed by atoms with E-state index in [1.165, 1.54) is 38.7 Å². The van der Waals surface area contributed by atoms with Crippen LogP contribution in [0.2, 0.25) is 0 Å². The van der Waals surface area contributed by atoms with Gasteiger partial charge in [0, 0.05) is 19.1 Å². The summed E-state index contributed by atoms with van der Waals surface area (Å²) in [5.74, 6) is 0.0741. The lowest BCUT2D eigenvalue weighted by Crippen LogP contribution is -2.49. The number of tetrazole rings is 1. The molecule has 2 aromatic rings. The summed E-state index contributed by atoms with van der Waals surface area (Å²) in [7, 11) is 0. The summed E-state index contributed by atoms with van der Waals surface area (Å²) in [5, 5.41) is 11.3. The molecule has 2 aliphatic rings. The number of rotatable bonds is 3. The number of carbonyl (C=O) groups excluding carboxylic acids is 1. The second-order valence-electron chi connectivity index (χ2n) is 6.56. The van der Waals surface area contributed by atoms with E-state index >= 15 is 0 Å². The van der Waals surface area contributed by atoms with Crippen molar-refractivity contribution < 1.29 is 4.79 Å². The van der Waals surface area contributed by atoms with Crippen LogP contribution in [0.15, 0.2) is 30.6 Å². The van der Waals surface area contributed by atoms with Gasteiger partial charge in [0.2, 0.25) is 0 Å². The predicted octanol–water partition coefficient (Wildman–Crippen LogP) is 1.36. The van der Waals surface area contributed by atoms with Crippen LogP contribution in [0.1, 0.15) is 36.0 Å². The fourth-order valence-corrected chi connectivity index (χ4v) is 3.84. The van der Waals surface area contributed by atoms with Crippen LogP contribution in [-0.2, 0) is 0 Å². The van der Waals surface area contributed by atoms with E-state index in [0.717, 1.165) is 25.2 Å². The Bertz CT molecular complexity index is 695. The van der Waals surface area contributed by atoms with Gasteiger partial charge < -0.3 is 4.90 Å². The van der Waals surface area contributed by atoms with Crippen molar-refractivity contribution >= 4 is 5.91 Å². The molecule has 1 aromatic heterocycles. The lowest BCUT2D eigenvalue weighted by molar-refractivity contribution is 0.0608. The highest BCUT2D eigenvalue weighted by Gasteiger charge is 2.30. The molecule has 1 aromatic carbocycles. The van der Waals surface area contributed by atoms with Crippen LogP contribution in [0.3, 0.4) is 0 Å². The molecule has 0 aliphatic carbocycles. The number of hydrogen-bond donors (Lipinski definition) is 0. The number of para-hydroxylation sites is 1. The topological polar surface area (TPSA) is 67.2 Å². The van der Waals surface area contributed by atoms with Gasteiger partial charge in [-0.2, -0.15) is 4.68 Å². The predicted molar refractivity (Wildman–Crippen MR) is 88.9 cm³/mol. The van der Waals surface area contributed by atoms with Gasteiger partial charge in [0.1, 0.15) is 6.33 Å². The monoisotopic (exact) mass is 326 g/mol. The van der Waals surface area contributed by atoms with E-state index in [1.54, 1.807) is 4.68 Å². The zero-order chi connectivity index (χ0) is 16.4. The molecule has 2 fully saturated rings. The second-order valence-corrected chi connectivity index (χ2v) is 6.56. The Labute approximate surface area is 141 Å². The smallest absolute Gasteiger partial charge is 0.256 e. The Balaban J connectivity index is 1.55. The van der Waals surface area contributed by atoms with Crippen LogP contribution < -0.4 is 0 Å². The molecule has 0 bridgehead atoms. The normalized spacial score (nSPS) is 22.0. The highest BCUT2D eigenvalue weighted by Crippen LogP contribution is 2.23. The van der Waals surface area contributed by atoms with E-state index in [1.807, 2.05) is 29.2 Å². The maximum absolute atomic E-state index is 13.1. The molecule has 7 nitrogen and oxygen atoms in total. The number of piperidine rings is 1. The van der Waals surface area contributed by atoms with Crippen LogP contribution in [0.4, 0.5) is 0 Å². The molecule has 0 saturated carbocycles. The van der Waals surface area contributed by atoms with Crippen molar-refractivity contribution in [2.24, 2.45) is 0 Å². The first kappa shape index (κ1) is 15.3. The van der Waals surface area contributed by atoms with Gasteiger partial charge in [-0.05, 0) is 61.3 Å². The molecule has 0 N–H and O–H groups in total. The van der Waals surface area contributed by atoms with Crippen LogP contribution in [-0.4, -0.2) is 68.1 Å². The third kappa shape index (κ3) is 2.91. The molecule has 0 spiro atoms. The first-order valence-electron chi connectivity index (χ1n) is 8.68. The highest BCUT2D eigenvalue weighted by atomic mass is 16.2. The first-order valence-corrected chi connectivity index (χ1v) is 8.68. The summed E-state index contributed by atoms with van der Waals surface area (Å²) in [4.78, 5) is 17.6. The summed E-state index contributed by atoms with van der Waals surface area (Å²) in [6.45, 7) is 4.00. The molecule has 1 amide bonds. The summed E-state index contributed by atoms with van der Waals surface area (Å²) in [6.07, 6.45) is 6.35. The highest BCUT2D eigenvalue weighted by molar-refractivity contribution is 5.97. The van der Waals surface area contributed by atoms with Gasteiger partial charge >= 0.3 is 0 Å². The molecular weight excluding hydrogens is 304 g/mol. The molecule has 7 heteroatoms. The minimum Gasteiger partial charge on any atom is -0.337 e. The molecule has 2 aliphatic heterocycles. The Hall–Kier alpha value is -2.28. The van der Waals surface area contributed by atoms with Crippen molar-refractivity contribution in [3.8, 4) is 5.69 Å². The van der Waals surface area contributed by atoms with E-state index in [-0.39, 0.29) is 5.91 Å². The third-order valence-corrected chi connectivity index (χ3v) is 5.07. The number of amides is 1. The fraction of sp³-hybridized carbons (Fsp3) is 0.529. The van der Waals surface area contributed by atoms with Gasteiger partial charge in [0.15, 0.2) is 0 Å². The molecule has 4 rings (SSSR count). The lowest BCUT2D eigenvalue weighted by Gasteiger charge is -2.37. The molecule has 1 atom stereocenters. The molecule has 3 heterocycles. The number of hydrogen-bond acceptors (Lipinski definition) is 5. The van der Waals surface area contributed by atoms with Crippen molar-refractivity contribution in [1.29, 1.82) is 0 Å². The molecule has 0 unspecified atom stereocenters. The summed E-state index contributed by atoms with van der Waals surface area (Å²) < 4.78 is 1.55. The van der Waals surface area contributed by atoms with E-state index in [0.29, 0.717) is 11.6 Å². The van der Waals surface area contributed by atoms with Crippen molar-refractivity contribution in [3.05, 3.63) is 36.2 Å². The minimum absolute atomic E-state index is 0.0741. The Morgan fingerprint density at radius 2 is 1.92 bits per heavy atom. The van der Waals surface area contributed by atoms with Gasteiger partial charge in [0.05, 0.1) is 11.3 Å². The maximum atomic E-state index is 13.1. The second kappa shape index (κ2) is 6.68. The van der Waals surface area contributed by atoms with Crippen molar-refractivity contribution in [1.82, 2.24) is 30.0 Å². The minimum atomic E-state index is 0.0741. The average Bonchev–Trinajstić information content (AvgIpc) is 3.35. The molecule has 0 radical (unpaired) electrons. The SMILES string of the molecule is O=C(c1ccccc1-n1cnnn1)N1CCC[C@H](N2CCCC2)C1. The van der Waals surface area contributed by atoms with Crippen LogP contribution in [0.5, 0.6) is 0 Å². The third-order valence-electron chi connectivity index (χ3n) is 5.07. The number of carbonyl (C=O) groups is 1. The van der Waals surface area contributed by atoms with Crippen LogP contribution in [0.25, 0.3) is 5.69 Å². The molecular formula is C17H22N6O. The zero-order valence-corrected chi connectivity index (χ0v) is 13.7. The molecule has 126 valence electrons. The summed E-state index contributed by atoms with van der Waals surface area (Å²) >= 11 is 0. The van der Waals surface area contributed by atoms with Crippen LogP contribution in [0, 0.1) is 0 Å². The van der Waals surface area contributed by atoms with Crippen molar-refractivity contribution in [2.75, 3.05) is 26.2 Å². The van der Waals surface area contributed by atoms with Crippen molar-refractivity contribution in [3.63, 3.8) is 0 Å². The van der Waals surface area contributed by atoms with Gasteiger partial charge in [-0.25, -0.2) is 0 Å². The Morgan fingerprint density at radius 3 is 2.71 bits per heavy atom. The fourth-order valence-electron chi connectivity index (χ4n) is 3.84. The zero-order valence-electron chi connectivity index (χ0n) is 13.7. The van der Waals surface area contributed by atoms with E-state index < -0.39 is 0 Å². The summed E-state index contributed by atoms with van der Waals surface area (Å²) in [6, 6.07) is 8.04. The van der Waals surface area contributed by atoms with Gasteiger partial charge in [0.25, 0.3) is 5.91 Å². The van der Waals surface area contributed by atoms with Crippen molar-refractivity contribution in [2.45, 2.75) is 31.7 Å². The maximum Gasteiger partial charge on any atom is 0.256 e. The van der Waals surface area contributed by atoms with Gasteiger partial charge in [-0.3, -0.25) is 9.69 Å². The summed E-state index contributed by atoms with van der Waals surface area (Å²) in [5.41, 5.74) is 1.39. The lowest BCUT2D eigenvalue weighted by atomic mass is 10.0. The van der Waals surface area contributed by atoms with E-state index in [2.05, 4.69) is 20.4 Å². The van der Waals surface area contributed by atoms with E-state index in [9.17, 15) is 4.79 Å². The average molecular weight is 326 g/mol. The van der Waals surface area contributed by atoms with E-state index in [4.69, 9.17) is 0 Å². The number of nitrogens with zero attached hydrogens (tertiary/aromatic N) is 6. The quantitative estimate of drug-likeness (QED) is 0.852. The number of benzene rings is 1. The Kier molecular flexibility index (Phi) is 4.25. The van der Waals surface area contributed by atoms with Crippen LogP contribution >= 0.6 is 0 Å². The number of aromatic nitrogens is 4. The van der Waals surface area contributed by atoms with Gasteiger partial charge in [-0.1, -0.05) is 12.1 Å². The van der Waals surface area contributed by atoms with Gasteiger partial charge in [-0.15, -0.1) is 5.10 Å². The largest absolute Gasteiger partial charge is 0.337 e.